The van der Waals surface area contributed by atoms with Crippen LogP contribution < -0.4 is 9.47 Å². The zero-order valence-corrected chi connectivity index (χ0v) is 15.6. The highest BCUT2D eigenvalue weighted by Gasteiger charge is 2.17. The monoisotopic (exact) mass is 357 g/mol. The summed E-state index contributed by atoms with van der Waals surface area (Å²) in [4.78, 5) is 25.5. The molecule has 0 spiro atoms. The summed E-state index contributed by atoms with van der Waals surface area (Å²) in [5, 5.41) is 9.18. The molecule has 0 radical (unpaired) electrons. The van der Waals surface area contributed by atoms with E-state index in [0.717, 1.165) is 16.7 Å². The molecule has 26 heavy (non-hydrogen) atoms. The van der Waals surface area contributed by atoms with Crippen molar-refractivity contribution in [3.05, 3.63) is 58.1 Å². The molecule has 1 amide bonds. The van der Waals surface area contributed by atoms with Gasteiger partial charge in [0.15, 0.2) is 11.5 Å². The van der Waals surface area contributed by atoms with Gasteiger partial charge < -0.3 is 19.5 Å². The molecule has 0 unspecified atom stereocenters. The van der Waals surface area contributed by atoms with E-state index in [0.29, 0.717) is 23.6 Å². The number of hydrogen-bond acceptors (Lipinski definition) is 4. The second-order valence-electron chi connectivity index (χ2n) is 6.19. The molecule has 2 aromatic carbocycles. The molecular formula is C20H23NO5. The fourth-order valence-electron chi connectivity index (χ4n) is 2.77. The number of ether oxygens (including phenoxy) is 2. The minimum absolute atomic E-state index is 0.101. The lowest BCUT2D eigenvalue weighted by atomic mass is 10.0. The molecule has 1 N–H and O–H groups in total. The molecule has 2 aromatic rings. The van der Waals surface area contributed by atoms with Gasteiger partial charge in [0, 0.05) is 19.2 Å². The summed E-state index contributed by atoms with van der Waals surface area (Å²) in [6, 6.07) is 8.33. The van der Waals surface area contributed by atoms with Gasteiger partial charge in [-0.2, -0.15) is 0 Å². The molecule has 0 heterocycles. The van der Waals surface area contributed by atoms with Gasteiger partial charge in [-0.1, -0.05) is 0 Å². The van der Waals surface area contributed by atoms with E-state index in [-0.39, 0.29) is 11.5 Å². The third-order valence-corrected chi connectivity index (χ3v) is 4.17. The van der Waals surface area contributed by atoms with Crippen molar-refractivity contribution in [2.45, 2.75) is 20.4 Å². The smallest absolute Gasteiger partial charge is 0.335 e. The first kappa shape index (κ1) is 19.3. The van der Waals surface area contributed by atoms with E-state index in [4.69, 9.17) is 9.47 Å². The number of carboxylic acid groups (broad SMARTS) is 1. The standard InChI is InChI=1S/C20H23NO5/c1-12-6-14(9-15(7-12)20(23)24)19(22)21(3)11-16-10-18(26-5)17(25-4)8-13(16)2/h6-10H,11H2,1-5H3,(H,23,24). The van der Waals surface area contributed by atoms with Crippen LogP contribution in [-0.4, -0.2) is 43.2 Å². The summed E-state index contributed by atoms with van der Waals surface area (Å²) in [6.07, 6.45) is 0. The van der Waals surface area contributed by atoms with Crippen molar-refractivity contribution in [3.8, 4) is 11.5 Å². The molecule has 2 rings (SSSR count). The summed E-state index contributed by atoms with van der Waals surface area (Å²) < 4.78 is 10.6. The van der Waals surface area contributed by atoms with E-state index in [1.165, 1.54) is 12.1 Å². The van der Waals surface area contributed by atoms with Crippen molar-refractivity contribution in [2.24, 2.45) is 0 Å². The van der Waals surface area contributed by atoms with Gasteiger partial charge in [-0.3, -0.25) is 4.79 Å². The zero-order chi connectivity index (χ0) is 19.4. The van der Waals surface area contributed by atoms with Gasteiger partial charge in [-0.05, 0) is 60.9 Å². The highest BCUT2D eigenvalue weighted by Crippen LogP contribution is 2.30. The Hall–Kier alpha value is -3.02. The fourth-order valence-corrected chi connectivity index (χ4v) is 2.77. The van der Waals surface area contributed by atoms with E-state index in [1.807, 2.05) is 19.1 Å². The number of hydrogen-bond donors (Lipinski definition) is 1. The lowest BCUT2D eigenvalue weighted by molar-refractivity contribution is 0.0696. The number of carbonyl (C=O) groups excluding carboxylic acids is 1. The Bertz CT molecular complexity index is 844. The summed E-state index contributed by atoms with van der Waals surface area (Å²) in [5.74, 6) is -0.0725. The first-order chi connectivity index (χ1) is 12.3. The SMILES string of the molecule is COc1cc(C)c(CN(C)C(=O)c2cc(C)cc(C(=O)O)c2)cc1OC. The van der Waals surface area contributed by atoms with Crippen LogP contribution in [0.15, 0.2) is 30.3 Å². The van der Waals surface area contributed by atoms with E-state index in [1.54, 1.807) is 39.2 Å². The second-order valence-corrected chi connectivity index (χ2v) is 6.19. The maximum atomic E-state index is 12.7. The number of benzene rings is 2. The average Bonchev–Trinajstić information content (AvgIpc) is 2.61. The van der Waals surface area contributed by atoms with Gasteiger partial charge in [0.05, 0.1) is 19.8 Å². The summed E-state index contributed by atoms with van der Waals surface area (Å²) >= 11 is 0. The maximum Gasteiger partial charge on any atom is 0.335 e. The van der Waals surface area contributed by atoms with Crippen LogP contribution in [0.2, 0.25) is 0 Å². The van der Waals surface area contributed by atoms with Crippen LogP contribution in [0.4, 0.5) is 0 Å². The molecule has 138 valence electrons. The fraction of sp³-hybridized carbons (Fsp3) is 0.300. The van der Waals surface area contributed by atoms with Crippen LogP contribution in [0.25, 0.3) is 0 Å². The molecule has 0 bridgehead atoms. The van der Waals surface area contributed by atoms with Crippen LogP contribution in [0, 0.1) is 13.8 Å². The summed E-state index contributed by atoms with van der Waals surface area (Å²) in [7, 11) is 4.82. The minimum Gasteiger partial charge on any atom is -0.493 e. The van der Waals surface area contributed by atoms with Crippen molar-refractivity contribution in [1.29, 1.82) is 0 Å². The van der Waals surface area contributed by atoms with Crippen molar-refractivity contribution in [1.82, 2.24) is 4.90 Å². The molecule has 0 saturated carbocycles. The van der Waals surface area contributed by atoms with Gasteiger partial charge in [0.1, 0.15) is 0 Å². The van der Waals surface area contributed by atoms with Gasteiger partial charge in [0.2, 0.25) is 0 Å². The lowest BCUT2D eigenvalue weighted by Gasteiger charge is -2.20. The average molecular weight is 357 g/mol. The van der Waals surface area contributed by atoms with Gasteiger partial charge in [0.25, 0.3) is 5.91 Å². The van der Waals surface area contributed by atoms with E-state index in [9.17, 15) is 14.7 Å². The third kappa shape index (κ3) is 4.14. The summed E-state index contributed by atoms with van der Waals surface area (Å²) in [5.41, 5.74) is 3.07. The summed E-state index contributed by atoms with van der Waals surface area (Å²) in [6.45, 7) is 4.06. The van der Waals surface area contributed by atoms with Crippen LogP contribution >= 0.6 is 0 Å². The molecule has 6 heteroatoms. The van der Waals surface area contributed by atoms with Crippen LogP contribution in [0.3, 0.4) is 0 Å². The number of carbonyl (C=O) groups is 2. The van der Waals surface area contributed by atoms with Crippen molar-refractivity contribution in [3.63, 3.8) is 0 Å². The van der Waals surface area contributed by atoms with Crippen molar-refractivity contribution >= 4 is 11.9 Å². The first-order valence-corrected chi connectivity index (χ1v) is 8.08. The molecule has 0 saturated heterocycles. The first-order valence-electron chi connectivity index (χ1n) is 8.08. The third-order valence-electron chi connectivity index (χ3n) is 4.17. The molecule has 0 fully saturated rings. The number of carboxylic acids is 1. The highest BCUT2D eigenvalue weighted by atomic mass is 16.5. The van der Waals surface area contributed by atoms with Gasteiger partial charge in [-0.25, -0.2) is 4.79 Å². The second kappa shape index (κ2) is 7.91. The Morgan fingerprint density at radius 1 is 0.962 bits per heavy atom. The Morgan fingerprint density at radius 2 is 1.54 bits per heavy atom. The maximum absolute atomic E-state index is 12.7. The van der Waals surface area contributed by atoms with Crippen LogP contribution in [0.5, 0.6) is 11.5 Å². The van der Waals surface area contributed by atoms with Crippen LogP contribution in [-0.2, 0) is 6.54 Å². The number of aromatic carboxylic acids is 1. The minimum atomic E-state index is -1.05. The number of rotatable bonds is 6. The Labute approximate surface area is 153 Å². The molecule has 0 aliphatic carbocycles. The number of nitrogens with zero attached hydrogens (tertiary/aromatic N) is 1. The molecule has 0 aliphatic rings. The lowest BCUT2D eigenvalue weighted by Crippen LogP contribution is -2.27. The Kier molecular flexibility index (Phi) is 5.87. The number of methoxy groups -OCH3 is 2. The normalized spacial score (nSPS) is 10.3. The van der Waals surface area contributed by atoms with E-state index >= 15 is 0 Å². The van der Waals surface area contributed by atoms with Crippen molar-refractivity contribution in [2.75, 3.05) is 21.3 Å². The quantitative estimate of drug-likeness (QED) is 0.858. The molecular weight excluding hydrogens is 334 g/mol. The largest absolute Gasteiger partial charge is 0.493 e. The Balaban J connectivity index is 2.29. The van der Waals surface area contributed by atoms with Gasteiger partial charge in [-0.15, -0.1) is 0 Å². The molecule has 0 aromatic heterocycles. The zero-order valence-electron chi connectivity index (χ0n) is 15.6. The predicted octanol–water partition coefficient (Wildman–Crippen LogP) is 3.29. The van der Waals surface area contributed by atoms with E-state index in [2.05, 4.69) is 0 Å². The van der Waals surface area contributed by atoms with Crippen molar-refractivity contribution < 1.29 is 24.2 Å². The number of aryl methyl sites for hydroxylation is 2. The molecule has 0 aliphatic heterocycles. The van der Waals surface area contributed by atoms with E-state index < -0.39 is 5.97 Å². The predicted molar refractivity (Wildman–Crippen MR) is 98.2 cm³/mol. The van der Waals surface area contributed by atoms with Crippen LogP contribution in [0.1, 0.15) is 37.4 Å². The Morgan fingerprint density at radius 3 is 2.12 bits per heavy atom. The molecule has 0 atom stereocenters. The topological polar surface area (TPSA) is 76.1 Å². The molecule has 6 nitrogen and oxygen atoms in total. The van der Waals surface area contributed by atoms with Gasteiger partial charge >= 0.3 is 5.97 Å². The number of amides is 1. The highest BCUT2D eigenvalue weighted by molar-refractivity contribution is 5.97.